The van der Waals surface area contributed by atoms with E-state index in [0.717, 1.165) is 22.9 Å². The van der Waals surface area contributed by atoms with Crippen LogP contribution in [0.4, 0.5) is 5.69 Å². The number of phenols is 1. The second-order valence-electron chi connectivity index (χ2n) is 12.3. The van der Waals surface area contributed by atoms with Crippen LogP contribution in [0.25, 0.3) is 11.4 Å². The molecule has 5 amide bonds. The Morgan fingerprint density at radius 3 is 2.35 bits per heavy atom. The van der Waals surface area contributed by atoms with E-state index in [1.54, 1.807) is 38.1 Å². The number of β-lactam (4-membered cyclic amide) rings is 1. The van der Waals surface area contributed by atoms with Crippen LogP contribution < -0.4 is 21.9 Å². The molecule has 5 atom stereocenters. The molecule has 3 fully saturated rings. The Balaban J connectivity index is 1.27. The summed E-state index contributed by atoms with van der Waals surface area (Å²) in [4.78, 5) is 99.2. The van der Waals surface area contributed by atoms with Gasteiger partial charge in [-0.25, -0.2) is 9.78 Å². The molecule has 3 aromatic rings. The first-order valence-corrected chi connectivity index (χ1v) is 16.0. The van der Waals surface area contributed by atoms with Gasteiger partial charge in [-0.3, -0.25) is 33.7 Å². The third kappa shape index (κ3) is 6.02. The van der Waals surface area contributed by atoms with Crippen molar-refractivity contribution in [2.75, 3.05) is 5.32 Å². The lowest BCUT2D eigenvalue weighted by molar-refractivity contribution is -0.166. The number of carboxylic acids is 1. The van der Waals surface area contributed by atoms with Gasteiger partial charge in [0.2, 0.25) is 11.8 Å². The highest BCUT2D eigenvalue weighted by molar-refractivity contribution is 8.01. The van der Waals surface area contributed by atoms with Gasteiger partial charge in [-0.05, 0) is 62.2 Å². The fraction of sp³-hybridized carbons (Fsp3) is 0.312. The van der Waals surface area contributed by atoms with E-state index in [1.165, 1.54) is 24.3 Å². The van der Waals surface area contributed by atoms with Crippen molar-refractivity contribution in [3.05, 3.63) is 76.2 Å². The van der Waals surface area contributed by atoms with Gasteiger partial charge in [0.1, 0.15) is 46.7 Å². The van der Waals surface area contributed by atoms with Gasteiger partial charge in [0.05, 0.1) is 0 Å². The molecule has 0 saturated carbocycles. The van der Waals surface area contributed by atoms with E-state index in [2.05, 4.69) is 20.6 Å². The third-order valence-electron chi connectivity index (χ3n) is 8.67. The maximum Gasteiger partial charge on any atom is 0.327 e. The zero-order valence-electron chi connectivity index (χ0n) is 26.1. The summed E-state index contributed by atoms with van der Waals surface area (Å²) in [6.07, 6.45) is 1.62. The van der Waals surface area contributed by atoms with Crippen LogP contribution in [0, 0.1) is 0 Å². The first-order valence-electron chi connectivity index (χ1n) is 15.1. The summed E-state index contributed by atoms with van der Waals surface area (Å²) in [6.45, 7) is 3.27. The number of carbonyl (C=O) groups excluding carboxylic acids is 5. The van der Waals surface area contributed by atoms with Crippen molar-refractivity contribution in [2.24, 2.45) is 5.73 Å². The van der Waals surface area contributed by atoms with Crippen molar-refractivity contribution in [2.45, 2.75) is 61.0 Å². The molecule has 49 heavy (non-hydrogen) atoms. The Morgan fingerprint density at radius 1 is 1.08 bits per heavy atom. The summed E-state index contributed by atoms with van der Waals surface area (Å²) in [5, 5.41) is 23.9. The molecule has 16 nitrogen and oxygen atoms in total. The highest BCUT2D eigenvalue weighted by Crippen LogP contribution is 2.52. The normalized spacial score (nSPS) is 22.8. The number of hydrogen-bond donors (Lipinski definition) is 6. The molecular weight excluding hydrogens is 658 g/mol. The molecule has 3 aliphatic heterocycles. The number of rotatable bonds is 8. The van der Waals surface area contributed by atoms with Gasteiger partial charge < -0.3 is 36.5 Å². The van der Waals surface area contributed by atoms with Crippen LogP contribution in [0.1, 0.15) is 48.7 Å². The second-order valence-corrected chi connectivity index (χ2v) is 14.1. The van der Waals surface area contributed by atoms with Crippen molar-refractivity contribution in [1.29, 1.82) is 0 Å². The van der Waals surface area contributed by atoms with Gasteiger partial charge >= 0.3 is 5.97 Å². The minimum Gasteiger partial charge on any atom is -0.508 e. The summed E-state index contributed by atoms with van der Waals surface area (Å²) in [6, 6.07) is 6.77. The summed E-state index contributed by atoms with van der Waals surface area (Å²) in [7, 11) is 0. The lowest BCUT2D eigenvalue weighted by Crippen LogP contribution is -2.72. The standard InChI is InChI=1S/C32H31N7O9S/c1-32(2)23(31(47)48)39-29(46)22(30(39)49-32)38(28(45)21(33)14-5-9-17(40)10-6-14)27(44)18-13-34-24(37-25(18)42)15-3-7-16(8-4-15)35-26(43)19-11-12-20(41)36-19/h3-10,13,19,21-23,30,40H,11-12,33H2,1-2H3,(H,35,43)(H,36,41)(H,47,48)(H,34,37,42)/t19-,21?,22+,23-,30+/m0/s1. The van der Waals surface area contributed by atoms with Crippen LogP contribution in [0.5, 0.6) is 5.75 Å². The molecule has 1 aromatic heterocycles. The molecule has 2 aromatic carbocycles. The summed E-state index contributed by atoms with van der Waals surface area (Å²) >= 11 is 1.11. The van der Waals surface area contributed by atoms with Crippen LogP contribution in [-0.4, -0.2) is 93.7 Å². The molecule has 0 spiro atoms. The fourth-order valence-corrected chi connectivity index (χ4v) is 7.82. The predicted molar refractivity (Wildman–Crippen MR) is 174 cm³/mol. The fourth-order valence-electron chi connectivity index (χ4n) is 6.14. The zero-order valence-corrected chi connectivity index (χ0v) is 26.9. The Morgan fingerprint density at radius 2 is 1.76 bits per heavy atom. The molecule has 4 heterocycles. The largest absolute Gasteiger partial charge is 0.508 e. The van der Waals surface area contributed by atoms with Gasteiger partial charge in [0.25, 0.3) is 23.3 Å². The number of amides is 5. The number of aromatic nitrogens is 2. The molecule has 0 bridgehead atoms. The molecule has 3 saturated heterocycles. The van der Waals surface area contributed by atoms with Gasteiger partial charge in [0, 0.05) is 28.6 Å². The number of aromatic hydroxyl groups is 1. The topological polar surface area (TPSA) is 245 Å². The number of H-pyrrole nitrogens is 1. The predicted octanol–water partition coefficient (Wildman–Crippen LogP) is 0.544. The van der Waals surface area contributed by atoms with E-state index in [4.69, 9.17) is 5.73 Å². The quantitative estimate of drug-likeness (QED) is 0.178. The van der Waals surface area contributed by atoms with E-state index < -0.39 is 69.1 Å². The van der Waals surface area contributed by atoms with Crippen LogP contribution >= 0.6 is 11.8 Å². The van der Waals surface area contributed by atoms with Crippen LogP contribution in [-0.2, 0) is 24.0 Å². The number of imide groups is 1. The van der Waals surface area contributed by atoms with Crippen LogP contribution in [0.2, 0.25) is 0 Å². The number of aromatic amines is 1. The Labute approximate surface area is 282 Å². The van der Waals surface area contributed by atoms with Gasteiger partial charge in [-0.1, -0.05) is 12.1 Å². The average molecular weight is 690 g/mol. The molecule has 17 heteroatoms. The molecule has 3 aliphatic rings. The van der Waals surface area contributed by atoms with Gasteiger partial charge in [0.15, 0.2) is 0 Å². The second kappa shape index (κ2) is 12.5. The van der Waals surface area contributed by atoms with E-state index in [9.17, 15) is 43.8 Å². The third-order valence-corrected chi connectivity index (χ3v) is 10.2. The number of anilines is 1. The van der Waals surface area contributed by atoms with Crippen molar-refractivity contribution < 1.29 is 39.0 Å². The van der Waals surface area contributed by atoms with E-state index in [-0.39, 0.29) is 35.4 Å². The molecule has 0 aliphatic carbocycles. The zero-order chi connectivity index (χ0) is 35.4. The van der Waals surface area contributed by atoms with E-state index >= 15 is 0 Å². The Hall–Kier alpha value is -5.55. The monoisotopic (exact) mass is 689 g/mol. The number of hydrogen-bond acceptors (Lipinski definition) is 11. The van der Waals surface area contributed by atoms with Crippen molar-refractivity contribution >= 4 is 53.0 Å². The Kier molecular flexibility index (Phi) is 8.49. The van der Waals surface area contributed by atoms with Crippen LogP contribution in [0.15, 0.2) is 59.5 Å². The number of aliphatic carboxylic acids is 1. The highest BCUT2D eigenvalue weighted by Gasteiger charge is 2.67. The molecular formula is C32H31N7O9S. The van der Waals surface area contributed by atoms with Gasteiger partial charge in [-0.15, -0.1) is 11.8 Å². The van der Waals surface area contributed by atoms with E-state index in [0.29, 0.717) is 22.6 Å². The highest BCUT2D eigenvalue weighted by atomic mass is 32.2. The molecule has 0 radical (unpaired) electrons. The number of nitrogens with zero attached hydrogens (tertiary/aromatic N) is 3. The molecule has 7 N–H and O–H groups in total. The maximum absolute atomic E-state index is 14.1. The number of nitrogens with one attached hydrogen (secondary N) is 3. The van der Waals surface area contributed by atoms with Crippen molar-refractivity contribution in [3.63, 3.8) is 0 Å². The number of thioether (sulfide) groups is 1. The van der Waals surface area contributed by atoms with Crippen LogP contribution in [0.3, 0.4) is 0 Å². The maximum atomic E-state index is 14.1. The minimum atomic E-state index is -1.49. The molecule has 254 valence electrons. The number of carboxylic acid groups (broad SMARTS) is 1. The van der Waals surface area contributed by atoms with Crippen molar-refractivity contribution in [3.8, 4) is 17.1 Å². The summed E-state index contributed by atoms with van der Waals surface area (Å²) < 4.78 is -0.969. The number of nitrogens with two attached hydrogens (primary N) is 1. The number of carbonyl (C=O) groups is 6. The summed E-state index contributed by atoms with van der Waals surface area (Å²) in [5.74, 6) is -4.83. The average Bonchev–Trinajstić information content (AvgIpc) is 3.61. The molecule has 6 rings (SSSR count). The SMILES string of the molecule is CC1(C)S[C@@H]2[C@H](N(C(=O)c3cnc(-c4ccc(NC(=O)[C@@H]5CCC(=O)N5)cc4)[nH]c3=O)C(=O)C(N)c3ccc(O)cc3)C(=O)N2[C@H]1C(=O)O. The number of fused-ring (bicyclic) bond motifs is 1. The van der Waals surface area contributed by atoms with Gasteiger partial charge in [-0.2, -0.15) is 0 Å². The lowest BCUT2D eigenvalue weighted by Gasteiger charge is -2.47. The smallest absolute Gasteiger partial charge is 0.327 e. The number of phenolic OH excluding ortho intramolecular Hbond substituents is 1. The summed E-state index contributed by atoms with van der Waals surface area (Å²) in [5.41, 5.74) is 5.82. The minimum absolute atomic E-state index is 0.0597. The van der Waals surface area contributed by atoms with Crippen molar-refractivity contribution in [1.82, 2.24) is 25.1 Å². The first kappa shape index (κ1) is 33.4. The lowest BCUT2D eigenvalue weighted by atomic mass is 9.94. The Bertz CT molecular complexity index is 1950. The first-order chi connectivity index (χ1) is 23.2. The van der Waals surface area contributed by atoms with E-state index in [1.807, 2.05) is 0 Å². The molecule has 1 unspecified atom stereocenters. The number of benzene rings is 2.